The lowest BCUT2D eigenvalue weighted by molar-refractivity contribution is -0.116. The Morgan fingerprint density at radius 2 is 2.25 bits per heavy atom. The van der Waals surface area contributed by atoms with Gasteiger partial charge in [-0.3, -0.25) is 4.79 Å². The number of rotatable bonds is 5. The first kappa shape index (κ1) is 14.5. The second kappa shape index (κ2) is 6.47. The van der Waals surface area contributed by atoms with Crippen LogP contribution in [0.25, 0.3) is 0 Å². The first-order valence-corrected chi connectivity index (χ1v) is 6.46. The van der Waals surface area contributed by atoms with Gasteiger partial charge in [0.15, 0.2) is 0 Å². The van der Waals surface area contributed by atoms with E-state index < -0.39 is 11.8 Å². The quantitative estimate of drug-likeness (QED) is 0.868. The van der Waals surface area contributed by atoms with Crippen LogP contribution in [0.4, 0.5) is 10.1 Å². The molecular weight excluding hydrogens is 265 g/mol. The van der Waals surface area contributed by atoms with Gasteiger partial charge in [0.05, 0.1) is 11.3 Å². The summed E-state index contributed by atoms with van der Waals surface area (Å²) < 4.78 is 18.8. The Hall–Kier alpha value is -1.95. The van der Waals surface area contributed by atoms with Crippen LogP contribution in [0.15, 0.2) is 18.2 Å². The number of carboxylic acids is 1. The monoisotopic (exact) mass is 281 g/mol. The minimum absolute atomic E-state index is 0.00247. The normalized spacial score (nSPS) is 17.9. The van der Waals surface area contributed by atoms with Gasteiger partial charge in [0.2, 0.25) is 5.91 Å². The lowest BCUT2D eigenvalue weighted by Crippen LogP contribution is -2.14. The summed E-state index contributed by atoms with van der Waals surface area (Å²) in [7, 11) is 0. The van der Waals surface area contributed by atoms with Gasteiger partial charge in [0.25, 0.3) is 0 Å². The highest BCUT2D eigenvalue weighted by Gasteiger charge is 2.17. The predicted molar refractivity (Wildman–Crippen MR) is 70.1 cm³/mol. The van der Waals surface area contributed by atoms with E-state index in [0.717, 1.165) is 19.1 Å². The lowest BCUT2D eigenvalue weighted by atomic mass is 10.0. The van der Waals surface area contributed by atoms with Crippen molar-refractivity contribution in [2.45, 2.75) is 19.3 Å². The number of ether oxygens (including phenoxy) is 1. The van der Waals surface area contributed by atoms with Gasteiger partial charge in [0, 0.05) is 19.6 Å². The Morgan fingerprint density at radius 3 is 2.85 bits per heavy atom. The smallest absolute Gasteiger partial charge is 0.335 e. The minimum atomic E-state index is -1.21. The standard InChI is InChI=1S/C14H16FNO4/c15-11-7-10(14(18)19)2-3-12(11)16-13(17)4-1-9-5-6-20-8-9/h2-3,7,9H,1,4-6,8H2,(H,16,17)(H,18,19). The summed E-state index contributed by atoms with van der Waals surface area (Å²) >= 11 is 0. The summed E-state index contributed by atoms with van der Waals surface area (Å²) in [6, 6.07) is 3.41. The number of hydrogen-bond donors (Lipinski definition) is 2. The number of nitrogens with one attached hydrogen (secondary N) is 1. The maximum Gasteiger partial charge on any atom is 0.335 e. The van der Waals surface area contributed by atoms with Crippen molar-refractivity contribution in [2.24, 2.45) is 5.92 Å². The number of amides is 1. The van der Waals surface area contributed by atoms with Gasteiger partial charge in [-0.15, -0.1) is 0 Å². The zero-order valence-electron chi connectivity index (χ0n) is 10.9. The molecule has 1 saturated heterocycles. The van der Waals surface area contributed by atoms with E-state index in [4.69, 9.17) is 9.84 Å². The summed E-state index contributed by atoms with van der Waals surface area (Å²) in [6.07, 6.45) is 1.96. The molecule has 20 heavy (non-hydrogen) atoms. The van der Waals surface area contributed by atoms with Crippen molar-refractivity contribution in [2.75, 3.05) is 18.5 Å². The molecule has 6 heteroatoms. The maximum atomic E-state index is 13.6. The molecule has 2 N–H and O–H groups in total. The zero-order chi connectivity index (χ0) is 14.5. The Morgan fingerprint density at radius 1 is 1.45 bits per heavy atom. The van der Waals surface area contributed by atoms with E-state index in [2.05, 4.69) is 5.32 Å². The number of aromatic carboxylic acids is 1. The molecule has 108 valence electrons. The molecule has 0 bridgehead atoms. The van der Waals surface area contributed by atoms with E-state index >= 15 is 0 Å². The zero-order valence-corrected chi connectivity index (χ0v) is 10.9. The molecule has 1 aliphatic rings. The van der Waals surface area contributed by atoms with Crippen molar-refractivity contribution in [1.82, 2.24) is 0 Å². The molecule has 1 atom stereocenters. The summed E-state index contributed by atoms with van der Waals surface area (Å²) in [5, 5.41) is 11.2. The van der Waals surface area contributed by atoms with Crippen LogP contribution in [0.5, 0.6) is 0 Å². The largest absolute Gasteiger partial charge is 0.478 e. The van der Waals surface area contributed by atoms with Gasteiger partial charge < -0.3 is 15.2 Å². The average Bonchev–Trinajstić information content (AvgIpc) is 2.91. The molecule has 1 fully saturated rings. The molecule has 0 saturated carbocycles. The SMILES string of the molecule is O=C(CCC1CCOC1)Nc1ccc(C(=O)O)cc1F. The van der Waals surface area contributed by atoms with Crippen molar-refractivity contribution >= 4 is 17.6 Å². The molecule has 2 rings (SSSR count). The van der Waals surface area contributed by atoms with E-state index in [-0.39, 0.29) is 17.2 Å². The van der Waals surface area contributed by atoms with Crippen LogP contribution in [-0.2, 0) is 9.53 Å². The fourth-order valence-corrected chi connectivity index (χ4v) is 2.11. The summed E-state index contributed by atoms with van der Waals surface area (Å²) in [6.45, 7) is 1.41. The fraction of sp³-hybridized carbons (Fsp3) is 0.429. The summed E-state index contributed by atoms with van der Waals surface area (Å²) in [4.78, 5) is 22.4. The molecule has 5 nitrogen and oxygen atoms in total. The highest BCUT2D eigenvalue weighted by Crippen LogP contribution is 2.20. The van der Waals surface area contributed by atoms with Gasteiger partial charge in [-0.2, -0.15) is 0 Å². The Balaban J connectivity index is 1.88. The molecule has 1 unspecified atom stereocenters. The maximum absolute atomic E-state index is 13.6. The highest BCUT2D eigenvalue weighted by molar-refractivity contribution is 5.92. The number of benzene rings is 1. The van der Waals surface area contributed by atoms with Gasteiger partial charge in [-0.05, 0) is 37.0 Å². The van der Waals surface area contributed by atoms with Gasteiger partial charge in [0.1, 0.15) is 5.82 Å². The molecule has 1 aromatic carbocycles. The highest BCUT2D eigenvalue weighted by atomic mass is 19.1. The molecule has 1 aliphatic heterocycles. The third-order valence-corrected chi connectivity index (χ3v) is 3.29. The first-order chi connectivity index (χ1) is 9.56. The van der Waals surface area contributed by atoms with Crippen LogP contribution >= 0.6 is 0 Å². The van der Waals surface area contributed by atoms with E-state index in [1.807, 2.05) is 0 Å². The fourth-order valence-electron chi connectivity index (χ4n) is 2.11. The molecule has 0 radical (unpaired) electrons. The number of carbonyl (C=O) groups is 2. The molecule has 0 aliphatic carbocycles. The Kier molecular flexibility index (Phi) is 4.68. The van der Waals surface area contributed by atoms with E-state index in [0.29, 0.717) is 25.4 Å². The van der Waals surface area contributed by atoms with Crippen LogP contribution < -0.4 is 5.32 Å². The van der Waals surface area contributed by atoms with Crippen LogP contribution in [0.1, 0.15) is 29.6 Å². The molecule has 0 spiro atoms. The first-order valence-electron chi connectivity index (χ1n) is 6.46. The molecule has 1 aromatic rings. The lowest BCUT2D eigenvalue weighted by Gasteiger charge is -2.09. The van der Waals surface area contributed by atoms with Crippen molar-refractivity contribution in [3.63, 3.8) is 0 Å². The Labute approximate surface area is 115 Å². The number of carboxylic acid groups (broad SMARTS) is 1. The van der Waals surface area contributed by atoms with E-state index in [1.54, 1.807) is 0 Å². The van der Waals surface area contributed by atoms with Crippen LogP contribution in [0.2, 0.25) is 0 Å². The van der Waals surface area contributed by atoms with Gasteiger partial charge in [-0.1, -0.05) is 0 Å². The molecular formula is C14H16FNO4. The number of anilines is 1. The van der Waals surface area contributed by atoms with Gasteiger partial charge >= 0.3 is 5.97 Å². The topological polar surface area (TPSA) is 75.6 Å². The Bertz CT molecular complexity index is 512. The summed E-state index contributed by atoms with van der Waals surface area (Å²) in [5.41, 5.74) is -0.147. The number of hydrogen-bond acceptors (Lipinski definition) is 3. The van der Waals surface area contributed by atoms with E-state index in [9.17, 15) is 14.0 Å². The third-order valence-electron chi connectivity index (χ3n) is 3.29. The summed E-state index contributed by atoms with van der Waals surface area (Å²) in [5.74, 6) is -1.84. The predicted octanol–water partition coefficient (Wildman–Crippen LogP) is 2.28. The van der Waals surface area contributed by atoms with Crippen LogP contribution in [0.3, 0.4) is 0 Å². The average molecular weight is 281 g/mol. The van der Waals surface area contributed by atoms with Crippen molar-refractivity contribution in [3.05, 3.63) is 29.6 Å². The van der Waals surface area contributed by atoms with Crippen molar-refractivity contribution in [3.8, 4) is 0 Å². The molecule has 0 aromatic heterocycles. The number of halogens is 1. The number of carbonyl (C=O) groups excluding carboxylic acids is 1. The second-order valence-electron chi connectivity index (χ2n) is 4.82. The van der Waals surface area contributed by atoms with Crippen LogP contribution in [0, 0.1) is 11.7 Å². The van der Waals surface area contributed by atoms with Crippen molar-refractivity contribution in [1.29, 1.82) is 0 Å². The third kappa shape index (κ3) is 3.77. The van der Waals surface area contributed by atoms with Gasteiger partial charge in [-0.25, -0.2) is 9.18 Å². The van der Waals surface area contributed by atoms with Crippen molar-refractivity contribution < 1.29 is 23.8 Å². The molecule has 1 heterocycles. The van der Waals surface area contributed by atoms with Crippen LogP contribution in [-0.4, -0.2) is 30.2 Å². The minimum Gasteiger partial charge on any atom is -0.478 e. The van der Waals surface area contributed by atoms with E-state index in [1.165, 1.54) is 12.1 Å². The molecule has 1 amide bonds. The second-order valence-corrected chi connectivity index (χ2v) is 4.82.